The molecule has 1 atom stereocenters. The maximum atomic E-state index is 13.4. The molecule has 1 aromatic heterocycles. The molecule has 3 rings (SSSR count). The lowest BCUT2D eigenvalue weighted by Crippen LogP contribution is -2.32. The Labute approximate surface area is 177 Å². The van der Waals surface area contributed by atoms with Crippen LogP contribution in [0.4, 0.5) is 4.39 Å². The van der Waals surface area contributed by atoms with Gasteiger partial charge < -0.3 is 9.84 Å². The molecule has 0 saturated heterocycles. The van der Waals surface area contributed by atoms with E-state index in [0.29, 0.717) is 31.1 Å². The lowest BCUT2D eigenvalue weighted by molar-refractivity contribution is 0.105. The molecule has 3 aromatic rings. The molecule has 2 aromatic carbocycles. The quantitative estimate of drug-likeness (QED) is 0.505. The van der Waals surface area contributed by atoms with Gasteiger partial charge in [-0.05, 0) is 62.7 Å². The average molecular weight is 412 g/mol. The maximum absolute atomic E-state index is 13.4. The number of hydrogen-bond donors (Lipinski definition) is 1. The third kappa shape index (κ3) is 5.46. The summed E-state index contributed by atoms with van der Waals surface area (Å²) in [4.78, 5) is 2.23. The topological polar surface area (TPSA) is 50.5 Å². The largest absolute Gasteiger partial charge is 0.439 e. The van der Waals surface area contributed by atoms with Crippen LogP contribution >= 0.6 is 0 Å². The van der Waals surface area contributed by atoms with Crippen molar-refractivity contribution in [2.45, 2.75) is 46.3 Å². The van der Waals surface area contributed by atoms with Gasteiger partial charge in [0.05, 0.1) is 23.0 Å². The van der Waals surface area contributed by atoms with Gasteiger partial charge in [-0.25, -0.2) is 9.07 Å². The van der Waals surface area contributed by atoms with E-state index < -0.39 is 0 Å². The van der Waals surface area contributed by atoms with Gasteiger partial charge in [-0.2, -0.15) is 5.10 Å². The SMILES string of the molecule is CCCN(Cc1c(C)nn(-c2ccccc2)c1Oc1ccc(F)cc1)C[C@@H](O)CC. The fourth-order valence-electron chi connectivity index (χ4n) is 3.39. The predicted octanol–water partition coefficient (Wildman–Crippen LogP) is 5.10. The summed E-state index contributed by atoms with van der Waals surface area (Å²) in [5.74, 6) is 0.848. The first kappa shape index (κ1) is 22.0. The average Bonchev–Trinajstić information content (AvgIpc) is 3.05. The fourth-order valence-corrected chi connectivity index (χ4v) is 3.39. The zero-order valence-corrected chi connectivity index (χ0v) is 17.9. The van der Waals surface area contributed by atoms with Crippen molar-refractivity contribution in [1.29, 1.82) is 0 Å². The van der Waals surface area contributed by atoms with Crippen LogP contribution in [0, 0.1) is 12.7 Å². The molecule has 5 nitrogen and oxygen atoms in total. The van der Waals surface area contributed by atoms with Crippen molar-refractivity contribution < 1.29 is 14.2 Å². The van der Waals surface area contributed by atoms with E-state index in [4.69, 9.17) is 9.84 Å². The standard InChI is InChI=1S/C24H30FN3O2/c1-4-15-27(16-21(29)5-2)17-23-18(3)26-28(20-9-7-6-8-10-20)24(23)30-22-13-11-19(25)12-14-22/h6-14,21,29H,4-5,15-17H2,1-3H3/t21-/m0/s1. The number of ether oxygens (including phenoxy) is 1. The van der Waals surface area contributed by atoms with E-state index in [1.165, 1.54) is 12.1 Å². The Morgan fingerprint density at radius 3 is 2.43 bits per heavy atom. The first-order chi connectivity index (χ1) is 14.5. The minimum Gasteiger partial charge on any atom is -0.439 e. The zero-order valence-electron chi connectivity index (χ0n) is 17.9. The summed E-state index contributed by atoms with van der Waals surface area (Å²) in [5, 5.41) is 14.9. The number of halogens is 1. The molecule has 1 heterocycles. The van der Waals surface area contributed by atoms with Crippen LogP contribution in [0.5, 0.6) is 11.6 Å². The normalized spacial score (nSPS) is 12.3. The third-order valence-electron chi connectivity index (χ3n) is 5.03. The number of aryl methyl sites for hydroxylation is 1. The van der Waals surface area contributed by atoms with Gasteiger partial charge in [0, 0.05) is 13.1 Å². The van der Waals surface area contributed by atoms with Crippen molar-refractivity contribution in [3.8, 4) is 17.3 Å². The van der Waals surface area contributed by atoms with Crippen LogP contribution in [0.25, 0.3) is 5.69 Å². The van der Waals surface area contributed by atoms with Crippen LogP contribution in [0.2, 0.25) is 0 Å². The first-order valence-corrected chi connectivity index (χ1v) is 10.5. The van der Waals surface area contributed by atoms with Crippen LogP contribution < -0.4 is 4.74 Å². The van der Waals surface area contributed by atoms with Gasteiger partial charge in [-0.3, -0.25) is 4.90 Å². The highest BCUT2D eigenvalue weighted by Crippen LogP contribution is 2.31. The predicted molar refractivity (Wildman–Crippen MR) is 117 cm³/mol. The van der Waals surface area contributed by atoms with Crippen LogP contribution in [-0.2, 0) is 6.54 Å². The molecule has 0 aliphatic heterocycles. The van der Waals surface area contributed by atoms with E-state index in [-0.39, 0.29) is 11.9 Å². The summed E-state index contributed by atoms with van der Waals surface area (Å²) in [5.41, 5.74) is 2.71. The van der Waals surface area contributed by atoms with Gasteiger partial charge in [0.25, 0.3) is 0 Å². The maximum Gasteiger partial charge on any atom is 0.227 e. The first-order valence-electron chi connectivity index (χ1n) is 10.5. The monoisotopic (exact) mass is 411 g/mol. The highest BCUT2D eigenvalue weighted by Gasteiger charge is 2.22. The molecule has 0 unspecified atom stereocenters. The minimum atomic E-state index is -0.373. The molecule has 1 N–H and O–H groups in total. The van der Waals surface area contributed by atoms with E-state index in [1.54, 1.807) is 16.8 Å². The van der Waals surface area contributed by atoms with Crippen molar-refractivity contribution in [3.63, 3.8) is 0 Å². The van der Waals surface area contributed by atoms with E-state index in [1.807, 2.05) is 44.2 Å². The Morgan fingerprint density at radius 2 is 1.80 bits per heavy atom. The molecule has 0 saturated carbocycles. The van der Waals surface area contributed by atoms with Crippen molar-refractivity contribution in [3.05, 3.63) is 71.7 Å². The Hall–Kier alpha value is -2.70. The van der Waals surface area contributed by atoms with Crippen molar-refractivity contribution >= 4 is 0 Å². The number of aliphatic hydroxyl groups excluding tert-OH is 1. The Bertz CT molecular complexity index is 926. The molecule has 0 spiro atoms. The fraction of sp³-hybridized carbons (Fsp3) is 0.375. The number of aromatic nitrogens is 2. The van der Waals surface area contributed by atoms with E-state index in [0.717, 1.165) is 29.9 Å². The van der Waals surface area contributed by atoms with Gasteiger partial charge in [-0.1, -0.05) is 32.0 Å². The van der Waals surface area contributed by atoms with Crippen LogP contribution in [-0.4, -0.2) is 39.0 Å². The van der Waals surface area contributed by atoms with E-state index in [9.17, 15) is 9.50 Å². The minimum absolute atomic E-state index is 0.307. The van der Waals surface area contributed by atoms with Gasteiger partial charge in [0.2, 0.25) is 5.88 Å². The van der Waals surface area contributed by atoms with Gasteiger partial charge in [0.15, 0.2) is 0 Å². The summed E-state index contributed by atoms with van der Waals surface area (Å²) < 4.78 is 21.4. The molecule has 0 amide bonds. The van der Waals surface area contributed by atoms with Gasteiger partial charge in [-0.15, -0.1) is 0 Å². The smallest absolute Gasteiger partial charge is 0.227 e. The van der Waals surface area contributed by atoms with Gasteiger partial charge in [0.1, 0.15) is 11.6 Å². The van der Waals surface area contributed by atoms with Crippen molar-refractivity contribution in [1.82, 2.24) is 14.7 Å². The van der Waals surface area contributed by atoms with Crippen molar-refractivity contribution in [2.75, 3.05) is 13.1 Å². The molecule has 30 heavy (non-hydrogen) atoms. The number of para-hydroxylation sites is 1. The Morgan fingerprint density at radius 1 is 1.10 bits per heavy atom. The molecule has 0 fully saturated rings. The molecule has 0 bridgehead atoms. The number of nitrogens with zero attached hydrogens (tertiary/aromatic N) is 3. The number of aliphatic hydroxyl groups is 1. The third-order valence-corrected chi connectivity index (χ3v) is 5.03. The molecule has 160 valence electrons. The van der Waals surface area contributed by atoms with E-state index in [2.05, 4.69) is 11.8 Å². The number of hydrogen-bond acceptors (Lipinski definition) is 4. The summed E-state index contributed by atoms with van der Waals surface area (Å²) in [6, 6.07) is 15.8. The Kier molecular flexibility index (Phi) is 7.60. The second-order valence-corrected chi connectivity index (χ2v) is 7.47. The van der Waals surface area contributed by atoms with Crippen LogP contribution in [0.1, 0.15) is 37.9 Å². The van der Waals surface area contributed by atoms with Crippen molar-refractivity contribution in [2.24, 2.45) is 0 Å². The Balaban J connectivity index is 2.00. The number of rotatable bonds is 10. The summed E-state index contributed by atoms with van der Waals surface area (Å²) in [7, 11) is 0. The zero-order chi connectivity index (χ0) is 21.5. The lowest BCUT2D eigenvalue weighted by Gasteiger charge is -2.24. The molecule has 0 aliphatic rings. The molecular formula is C24H30FN3O2. The van der Waals surface area contributed by atoms with E-state index >= 15 is 0 Å². The highest BCUT2D eigenvalue weighted by atomic mass is 19.1. The summed E-state index contributed by atoms with van der Waals surface area (Å²) >= 11 is 0. The molecule has 6 heteroatoms. The molecule has 0 radical (unpaired) electrons. The lowest BCUT2D eigenvalue weighted by atomic mass is 10.2. The number of benzene rings is 2. The second kappa shape index (κ2) is 10.4. The molecule has 0 aliphatic carbocycles. The highest BCUT2D eigenvalue weighted by molar-refractivity contribution is 5.43. The molecular weight excluding hydrogens is 381 g/mol. The van der Waals surface area contributed by atoms with Crippen LogP contribution in [0.15, 0.2) is 54.6 Å². The summed E-state index contributed by atoms with van der Waals surface area (Å²) in [6.45, 7) is 8.14. The van der Waals surface area contributed by atoms with Crippen LogP contribution in [0.3, 0.4) is 0 Å². The summed E-state index contributed by atoms with van der Waals surface area (Å²) in [6.07, 6.45) is 1.32. The second-order valence-electron chi connectivity index (χ2n) is 7.47. The van der Waals surface area contributed by atoms with Gasteiger partial charge >= 0.3 is 0 Å².